The van der Waals surface area contributed by atoms with Gasteiger partial charge >= 0.3 is 0 Å². The summed E-state index contributed by atoms with van der Waals surface area (Å²) in [5.74, 6) is 4.33. The quantitative estimate of drug-likeness (QED) is 0.865. The molecule has 21 heavy (non-hydrogen) atoms. The van der Waals surface area contributed by atoms with Crippen LogP contribution in [0.15, 0.2) is 18.2 Å². The summed E-state index contributed by atoms with van der Waals surface area (Å²) in [6.45, 7) is 2.12. The van der Waals surface area contributed by atoms with E-state index in [1.165, 1.54) is 43.2 Å². The lowest BCUT2D eigenvalue weighted by molar-refractivity contribution is -0.0516. The molecule has 5 rings (SSSR count). The Morgan fingerprint density at radius 1 is 1.05 bits per heavy atom. The first kappa shape index (κ1) is 13.8. The van der Waals surface area contributed by atoms with E-state index in [1.807, 2.05) is 6.07 Å². The van der Waals surface area contributed by atoms with Crippen molar-refractivity contribution in [3.05, 3.63) is 35.1 Å². The minimum atomic E-state index is -0.0975. The second kappa shape index (κ2) is 5.08. The Bertz CT molecular complexity index is 510. The number of rotatable bonds is 3. The Balaban J connectivity index is 1.68. The van der Waals surface area contributed by atoms with Crippen LogP contribution in [0, 0.1) is 42.3 Å². The molecule has 1 nitrogen and oxygen atoms in total. The largest absolute Gasteiger partial charge is 0.313 e. The molecule has 4 aliphatic rings. The van der Waals surface area contributed by atoms with Crippen molar-refractivity contribution in [2.75, 3.05) is 7.05 Å². The molecule has 4 bridgehead atoms. The highest BCUT2D eigenvalue weighted by molar-refractivity contribution is 5.31. The first-order valence-corrected chi connectivity index (χ1v) is 8.59. The van der Waals surface area contributed by atoms with Crippen molar-refractivity contribution in [1.82, 2.24) is 5.32 Å². The summed E-state index contributed by atoms with van der Waals surface area (Å²) < 4.78 is 13.7. The monoisotopic (exact) mass is 287 g/mol. The van der Waals surface area contributed by atoms with Crippen LogP contribution < -0.4 is 5.32 Å². The zero-order chi connectivity index (χ0) is 14.6. The molecule has 4 aliphatic carbocycles. The van der Waals surface area contributed by atoms with E-state index in [1.54, 1.807) is 12.1 Å². The molecule has 1 atom stereocenters. The van der Waals surface area contributed by atoms with Gasteiger partial charge in [0.1, 0.15) is 5.82 Å². The molecule has 0 amide bonds. The highest BCUT2D eigenvalue weighted by Crippen LogP contribution is 2.59. The van der Waals surface area contributed by atoms with Crippen LogP contribution in [0.5, 0.6) is 0 Å². The van der Waals surface area contributed by atoms with Gasteiger partial charge in [-0.15, -0.1) is 0 Å². The fraction of sp³-hybridized carbons (Fsp3) is 0.684. The molecule has 0 aliphatic heterocycles. The van der Waals surface area contributed by atoms with Gasteiger partial charge in [-0.1, -0.05) is 6.07 Å². The molecular weight excluding hydrogens is 261 g/mol. The van der Waals surface area contributed by atoms with Crippen molar-refractivity contribution in [3.63, 3.8) is 0 Å². The maximum absolute atomic E-state index is 13.7. The van der Waals surface area contributed by atoms with Crippen LogP contribution in [0.1, 0.15) is 49.3 Å². The van der Waals surface area contributed by atoms with E-state index in [2.05, 4.69) is 19.3 Å². The van der Waals surface area contributed by atoms with E-state index in [4.69, 9.17) is 0 Å². The number of hydrogen-bond donors (Lipinski definition) is 1. The lowest BCUT2D eigenvalue weighted by atomic mass is 9.50. The summed E-state index contributed by atoms with van der Waals surface area (Å²) in [7, 11) is 2.06. The van der Waals surface area contributed by atoms with Crippen LogP contribution in [0.3, 0.4) is 0 Å². The van der Waals surface area contributed by atoms with Crippen molar-refractivity contribution >= 4 is 0 Å². The minimum absolute atomic E-state index is 0.0975. The van der Waals surface area contributed by atoms with E-state index >= 15 is 0 Å². The molecule has 0 radical (unpaired) electrons. The van der Waals surface area contributed by atoms with Crippen molar-refractivity contribution in [3.8, 4) is 0 Å². The zero-order valence-electron chi connectivity index (χ0n) is 13.1. The predicted molar refractivity (Wildman–Crippen MR) is 83.5 cm³/mol. The molecule has 1 unspecified atom stereocenters. The number of hydrogen-bond acceptors (Lipinski definition) is 1. The van der Waals surface area contributed by atoms with E-state index < -0.39 is 0 Å². The lowest BCUT2D eigenvalue weighted by Gasteiger charge is -2.56. The number of benzene rings is 1. The Kier molecular flexibility index (Phi) is 3.33. The summed E-state index contributed by atoms with van der Waals surface area (Å²) in [5, 5.41) is 3.55. The zero-order valence-corrected chi connectivity index (χ0v) is 13.1. The average Bonchev–Trinajstić information content (AvgIpc) is 2.45. The molecule has 114 valence electrons. The third-order valence-electron chi connectivity index (χ3n) is 6.57. The standard InChI is InChI=1S/C19H26FN/c1-11-3-4-16(20)10-17(11)19(21-2)18-14-6-12-5-13(8-14)9-15(18)7-12/h3-4,10,12-15,18-19,21H,5-9H2,1-2H3. The van der Waals surface area contributed by atoms with E-state index in [0.717, 1.165) is 23.7 Å². The second-order valence-corrected chi connectivity index (χ2v) is 7.78. The fourth-order valence-corrected chi connectivity index (χ4v) is 6.01. The Labute approximate surface area is 127 Å². The highest BCUT2D eigenvalue weighted by Gasteiger charge is 2.50. The van der Waals surface area contributed by atoms with E-state index in [9.17, 15) is 4.39 Å². The summed E-state index contributed by atoms with van der Waals surface area (Å²) in [6, 6.07) is 5.62. The van der Waals surface area contributed by atoms with Gasteiger partial charge in [0.2, 0.25) is 0 Å². The van der Waals surface area contributed by atoms with Gasteiger partial charge in [0.25, 0.3) is 0 Å². The Hall–Kier alpha value is -0.890. The molecule has 4 saturated carbocycles. The molecule has 0 spiro atoms. The number of halogens is 1. The van der Waals surface area contributed by atoms with Crippen LogP contribution in [-0.4, -0.2) is 7.05 Å². The van der Waals surface area contributed by atoms with Gasteiger partial charge in [0, 0.05) is 6.04 Å². The van der Waals surface area contributed by atoms with Crippen molar-refractivity contribution < 1.29 is 4.39 Å². The van der Waals surface area contributed by atoms with Gasteiger partial charge in [-0.2, -0.15) is 0 Å². The van der Waals surface area contributed by atoms with Gasteiger partial charge in [0.05, 0.1) is 0 Å². The topological polar surface area (TPSA) is 12.0 Å². The first-order chi connectivity index (χ1) is 10.2. The van der Waals surface area contributed by atoms with Gasteiger partial charge in [-0.3, -0.25) is 0 Å². The molecule has 0 aromatic heterocycles. The molecule has 0 saturated heterocycles. The van der Waals surface area contributed by atoms with Gasteiger partial charge in [-0.25, -0.2) is 4.39 Å². The second-order valence-electron chi connectivity index (χ2n) is 7.78. The first-order valence-electron chi connectivity index (χ1n) is 8.59. The molecule has 0 heterocycles. The Morgan fingerprint density at radius 2 is 1.67 bits per heavy atom. The Morgan fingerprint density at radius 3 is 2.24 bits per heavy atom. The molecule has 2 heteroatoms. The molecule has 1 N–H and O–H groups in total. The highest BCUT2D eigenvalue weighted by atomic mass is 19.1. The van der Waals surface area contributed by atoms with Crippen LogP contribution in [-0.2, 0) is 0 Å². The fourth-order valence-electron chi connectivity index (χ4n) is 6.01. The minimum Gasteiger partial charge on any atom is -0.313 e. The summed E-state index contributed by atoms with van der Waals surface area (Å²) in [4.78, 5) is 0. The summed E-state index contributed by atoms with van der Waals surface area (Å²) in [5.41, 5.74) is 2.42. The van der Waals surface area contributed by atoms with Crippen LogP contribution in [0.2, 0.25) is 0 Å². The predicted octanol–water partition coefficient (Wildman–Crippen LogP) is 4.47. The van der Waals surface area contributed by atoms with Crippen molar-refractivity contribution in [1.29, 1.82) is 0 Å². The third kappa shape index (κ3) is 2.23. The third-order valence-corrected chi connectivity index (χ3v) is 6.57. The van der Waals surface area contributed by atoms with Crippen molar-refractivity contribution in [2.45, 2.75) is 45.1 Å². The lowest BCUT2D eigenvalue weighted by Crippen LogP contribution is -2.49. The van der Waals surface area contributed by atoms with Gasteiger partial charge in [0.15, 0.2) is 0 Å². The summed E-state index contributed by atoms with van der Waals surface area (Å²) in [6.07, 6.45) is 7.17. The van der Waals surface area contributed by atoms with Crippen molar-refractivity contribution in [2.24, 2.45) is 29.6 Å². The van der Waals surface area contributed by atoms with Crippen LogP contribution in [0.25, 0.3) is 0 Å². The molecule has 1 aromatic carbocycles. The normalized spacial score (nSPS) is 38.7. The number of nitrogens with one attached hydrogen (secondary N) is 1. The van der Waals surface area contributed by atoms with Gasteiger partial charge in [-0.05, 0) is 98.9 Å². The maximum Gasteiger partial charge on any atom is 0.123 e. The average molecular weight is 287 g/mol. The number of aryl methyl sites for hydroxylation is 1. The van der Waals surface area contributed by atoms with Crippen LogP contribution in [0.4, 0.5) is 4.39 Å². The molecule has 4 fully saturated rings. The van der Waals surface area contributed by atoms with Gasteiger partial charge < -0.3 is 5.32 Å². The van der Waals surface area contributed by atoms with E-state index in [0.29, 0.717) is 12.0 Å². The SMILES string of the molecule is CNC(c1cc(F)ccc1C)C1C2CC3CC(C2)CC1C3. The summed E-state index contributed by atoms with van der Waals surface area (Å²) >= 11 is 0. The molecule has 1 aromatic rings. The van der Waals surface area contributed by atoms with E-state index in [-0.39, 0.29) is 5.82 Å². The molecular formula is C19H26FN. The smallest absolute Gasteiger partial charge is 0.123 e. The van der Waals surface area contributed by atoms with Crippen LogP contribution >= 0.6 is 0 Å². The maximum atomic E-state index is 13.7.